The molecule has 0 aliphatic heterocycles. The van der Waals surface area contributed by atoms with Gasteiger partial charge in [0, 0.05) is 0 Å². The number of halogens is 1. The Balaban J connectivity index is 1.78. The molecule has 1 unspecified atom stereocenters. The monoisotopic (exact) mass is 385 g/mol. The largest absolute Gasteiger partial charge is 0.496 e. The van der Waals surface area contributed by atoms with Gasteiger partial charge >= 0.3 is 0 Å². The van der Waals surface area contributed by atoms with E-state index in [0.29, 0.717) is 11.2 Å². The molecular formula is C18H16BrN3O2. The fraction of sp³-hybridized carbons (Fsp3) is 0.167. The Morgan fingerprint density at radius 2 is 1.96 bits per heavy atom. The minimum Gasteiger partial charge on any atom is -0.496 e. The molecule has 3 rings (SSSR count). The van der Waals surface area contributed by atoms with E-state index in [1.807, 2.05) is 49.4 Å². The van der Waals surface area contributed by atoms with E-state index < -0.39 is 0 Å². The van der Waals surface area contributed by atoms with Crippen LogP contribution in [0.15, 0.2) is 53.1 Å². The van der Waals surface area contributed by atoms with E-state index in [2.05, 4.69) is 31.2 Å². The van der Waals surface area contributed by atoms with Gasteiger partial charge in [0.25, 0.3) is 5.91 Å². The fourth-order valence-electron chi connectivity index (χ4n) is 2.37. The van der Waals surface area contributed by atoms with Gasteiger partial charge in [0.05, 0.1) is 34.9 Å². The second-order valence-corrected chi connectivity index (χ2v) is 6.19. The molecule has 1 amide bonds. The number of hydrogen-bond donors (Lipinski definition) is 1. The van der Waals surface area contributed by atoms with E-state index in [1.165, 1.54) is 6.20 Å². The highest BCUT2D eigenvalue weighted by atomic mass is 79.9. The normalized spacial score (nSPS) is 12.0. The maximum atomic E-state index is 12.4. The first-order chi connectivity index (χ1) is 11.6. The molecule has 1 heterocycles. The second kappa shape index (κ2) is 6.97. The number of amides is 1. The highest BCUT2D eigenvalue weighted by molar-refractivity contribution is 9.10. The first kappa shape index (κ1) is 16.4. The maximum Gasteiger partial charge on any atom is 0.271 e. The van der Waals surface area contributed by atoms with Crippen LogP contribution in [0, 0.1) is 0 Å². The van der Waals surface area contributed by atoms with Crippen LogP contribution in [-0.4, -0.2) is 23.0 Å². The molecule has 2 aromatic carbocycles. The van der Waals surface area contributed by atoms with Gasteiger partial charge in [0.15, 0.2) is 0 Å². The van der Waals surface area contributed by atoms with Crippen molar-refractivity contribution in [1.82, 2.24) is 15.3 Å². The van der Waals surface area contributed by atoms with Crippen LogP contribution in [0.5, 0.6) is 5.75 Å². The summed E-state index contributed by atoms with van der Waals surface area (Å²) in [6, 6.07) is 13.0. The van der Waals surface area contributed by atoms with Crippen molar-refractivity contribution in [1.29, 1.82) is 0 Å². The van der Waals surface area contributed by atoms with Gasteiger partial charge in [0.1, 0.15) is 11.4 Å². The Labute approximate surface area is 148 Å². The number of aromatic nitrogens is 2. The summed E-state index contributed by atoms with van der Waals surface area (Å²) >= 11 is 3.45. The van der Waals surface area contributed by atoms with Crippen LogP contribution in [0.25, 0.3) is 11.0 Å². The molecule has 3 aromatic rings. The number of hydrogen-bond acceptors (Lipinski definition) is 4. The summed E-state index contributed by atoms with van der Waals surface area (Å²) < 4.78 is 6.06. The number of nitrogens with one attached hydrogen (secondary N) is 1. The van der Waals surface area contributed by atoms with E-state index in [9.17, 15) is 4.79 Å². The summed E-state index contributed by atoms with van der Waals surface area (Å²) in [5.41, 5.74) is 2.73. The average molecular weight is 386 g/mol. The molecule has 122 valence electrons. The van der Waals surface area contributed by atoms with Crippen LogP contribution in [-0.2, 0) is 0 Å². The SMILES string of the molecule is COc1ccc(C(C)NC(=O)c2cnc3ccccc3n2)cc1Br. The number of carbonyl (C=O) groups excluding carboxylic acids is 1. The lowest BCUT2D eigenvalue weighted by Gasteiger charge is -2.15. The molecule has 0 aliphatic rings. The molecule has 0 radical (unpaired) electrons. The molecule has 0 saturated carbocycles. The Hall–Kier alpha value is -2.47. The van der Waals surface area contributed by atoms with Gasteiger partial charge in [-0.15, -0.1) is 0 Å². The number of para-hydroxylation sites is 2. The lowest BCUT2D eigenvalue weighted by Crippen LogP contribution is -2.27. The molecule has 0 bridgehead atoms. The summed E-state index contributed by atoms with van der Waals surface area (Å²) in [6.45, 7) is 1.92. The van der Waals surface area contributed by atoms with E-state index in [1.54, 1.807) is 7.11 Å². The zero-order valence-corrected chi connectivity index (χ0v) is 14.9. The second-order valence-electron chi connectivity index (χ2n) is 5.33. The summed E-state index contributed by atoms with van der Waals surface area (Å²) in [7, 11) is 1.61. The number of methoxy groups -OCH3 is 1. The van der Waals surface area contributed by atoms with Crippen molar-refractivity contribution in [3.05, 3.63) is 64.4 Å². The van der Waals surface area contributed by atoms with Crippen LogP contribution < -0.4 is 10.1 Å². The van der Waals surface area contributed by atoms with Gasteiger partial charge < -0.3 is 10.1 Å². The van der Waals surface area contributed by atoms with Crippen molar-refractivity contribution >= 4 is 32.9 Å². The standard InChI is InChI=1S/C18H16BrN3O2/c1-11(12-7-8-17(24-2)13(19)9-12)21-18(23)16-10-20-14-5-3-4-6-15(14)22-16/h3-11H,1-2H3,(H,21,23). The van der Waals surface area contributed by atoms with E-state index >= 15 is 0 Å². The average Bonchev–Trinajstić information content (AvgIpc) is 2.61. The Morgan fingerprint density at radius 1 is 1.21 bits per heavy atom. The third-order valence-electron chi connectivity index (χ3n) is 3.70. The van der Waals surface area contributed by atoms with Crippen molar-refractivity contribution in [3.63, 3.8) is 0 Å². The first-order valence-corrected chi connectivity index (χ1v) is 8.24. The number of fused-ring (bicyclic) bond motifs is 1. The molecule has 5 nitrogen and oxygen atoms in total. The Morgan fingerprint density at radius 3 is 2.67 bits per heavy atom. The quantitative estimate of drug-likeness (QED) is 0.739. The zero-order valence-electron chi connectivity index (χ0n) is 13.3. The zero-order chi connectivity index (χ0) is 17.1. The Kier molecular flexibility index (Phi) is 4.76. The number of carbonyl (C=O) groups is 1. The molecule has 0 fully saturated rings. The molecule has 6 heteroatoms. The number of nitrogens with zero attached hydrogens (tertiary/aromatic N) is 2. The molecular weight excluding hydrogens is 370 g/mol. The summed E-state index contributed by atoms with van der Waals surface area (Å²) in [6.07, 6.45) is 1.49. The van der Waals surface area contributed by atoms with Crippen LogP contribution >= 0.6 is 15.9 Å². The third-order valence-corrected chi connectivity index (χ3v) is 4.32. The topological polar surface area (TPSA) is 64.1 Å². The number of benzene rings is 2. The molecule has 24 heavy (non-hydrogen) atoms. The van der Waals surface area contributed by atoms with Crippen molar-refractivity contribution in [2.45, 2.75) is 13.0 Å². The maximum absolute atomic E-state index is 12.4. The van der Waals surface area contributed by atoms with Crippen molar-refractivity contribution in [2.24, 2.45) is 0 Å². The van der Waals surface area contributed by atoms with Gasteiger partial charge in [-0.1, -0.05) is 18.2 Å². The predicted octanol–water partition coefficient (Wildman–Crippen LogP) is 3.89. The molecule has 1 atom stereocenters. The molecule has 1 aromatic heterocycles. The third kappa shape index (κ3) is 3.38. The van der Waals surface area contributed by atoms with Crippen LogP contribution in [0.1, 0.15) is 29.0 Å². The number of ether oxygens (including phenoxy) is 1. The van der Waals surface area contributed by atoms with Gasteiger partial charge in [-0.2, -0.15) is 0 Å². The minimum atomic E-state index is -0.257. The van der Waals surface area contributed by atoms with Crippen LogP contribution in [0.2, 0.25) is 0 Å². The first-order valence-electron chi connectivity index (χ1n) is 7.44. The van der Waals surface area contributed by atoms with Crippen LogP contribution in [0.4, 0.5) is 0 Å². The molecule has 0 spiro atoms. The molecule has 1 N–H and O–H groups in total. The smallest absolute Gasteiger partial charge is 0.271 e. The predicted molar refractivity (Wildman–Crippen MR) is 96.1 cm³/mol. The van der Waals surface area contributed by atoms with Crippen LogP contribution in [0.3, 0.4) is 0 Å². The fourth-order valence-corrected chi connectivity index (χ4v) is 2.93. The lowest BCUT2D eigenvalue weighted by molar-refractivity contribution is 0.0935. The lowest BCUT2D eigenvalue weighted by atomic mass is 10.1. The van der Waals surface area contributed by atoms with Crippen molar-refractivity contribution in [2.75, 3.05) is 7.11 Å². The molecule has 0 aliphatic carbocycles. The van der Waals surface area contributed by atoms with Crippen molar-refractivity contribution < 1.29 is 9.53 Å². The van der Waals surface area contributed by atoms with Gasteiger partial charge in [-0.3, -0.25) is 9.78 Å². The van der Waals surface area contributed by atoms with Gasteiger partial charge in [-0.25, -0.2) is 4.98 Å². The van der Waals surface area contributed by atoms with Gasteiger partial charge in [0.2, 0.25) is 0 Å². The highest BCUT2D eigenvalue weighted by Crippen LogP contribution is 2.28. The summed E-state index contributed by atoms with van der Waals surface area (Å²) in [4.78, 5) is 21.1. The van der Waals surface area contributed by atoms with E-state index in [4.69, 9.17) is 4.74 Å². The summed E-state index contributed by atoms with van der Waals surface area (Å²) in [5, 5.41) is 2.94. The minimum absolute atomic E-state index is 0.173. The van der Waals surface area contributed by atoms with E-state index in [-0.39, 0.29) is 11.9 Å². The summed E-state index contributed by atoms with van der Waals surface area (Å²) in [5.74, 6) is 0.491. The Bertz CT molecular complexity index is 898. The van der Waals surface area contributed by atoms with Crippen molar-refractivity contribution in [3.8, 4) is 5.75 Å². The highest BCUT2D eigenvalue weighted by Gasteiger charge is 2.14. The molecule has 0 saturated heterocycles. The number of rotatable bonds is 4. The van der Waals surface area contributed by atoms with E-state index in [0.717, 1.165) is 21.3 Å². The van der Waals surface area contributed by atoms with Gasteiger partial charge in [-0.05, 0) is 52.7 Å².